The number of nitrogen functional groups attached to an aromatic ring is 1. The molecule has 2 heterocycles. The number of anilines is 1. The third-order valence-corrected chi connectivity index (χ3v) is 10.6. The van der Waals surface area contributed by atoms with E-state index in [1.54, 1.807) is 22.7 Å². The number of nitriles is 1. The summed E-state index contributed by atoms with van der Waals surface area (Å²) >= 11 is 0. The van der Waals surface area contributed by atoms with Crippen LogP contribution in [0.2, 0.25) is 0 Å². The number of hydrogen-bond acceptors (Lipinski definition) is 11. The quantitative estimate of drug-likeness (QED) is 0.0318. The van der Waals surface area contributed by atoms with E-state index in [-0.39, 0.29) is 37.6 Å². The fraction of sp³-hybridized carbons (Fsp3) is 0.683. The highest BCUT2D eigenvalue weighted by Gasteiger charge is 2.31. The van der Waals surface area contributed by atoms with Crippen LogP contribution in [0.5, 0.6) is 0 Å². The van der Waals surface area contributed by atoms with Crippen molar-refractivity contribution in [1.82, 2.24) is 14.6 Å². The number of nitrogens with two attached hydrogens (primary N) is 1. The summed E-state index contributed by atoms with van der Waals surface area (Å²) in [6.45, 7) is 4.64. The van der Waals surface area contributed by atoms with Crippen LogP contribution in [0.15, 0.2) is 36.7 Å². The third-order valence-electron chi connectivity index (χ3n) is 9.63. The summed E-state index contributed by atoms with van der Waals surface area (Å²) in [5.41, 5.74) is 7.76. The van der Waals surface area contributed by atoms with Gasteiger partial charge < -0.3 is 29.9 Å². The number of hydrogen-bond donors (Lipinski definition) is 3. The number of ether oxygens (including phenoxy) is 3. The Kier molecular flexibility index (Phi) is 21.5. The Labute approximate surface area is 332 Å². The van der Waals surface area contributed by atoms with Crippen LogP contribution in [0.25, 0.3) is 5.52 Å². The summed E-state index contributed by atoms with van der Waals surface area (Å²) in [6, 6.07) is 9.41. The van der Waals surface area contributed by atoms with Crippen LogP contribution in [0.3, 0.4) is 0 Å². The highest BCUT2D eigenvalue weighted by atomic mass is 31.2. The molecule has 2 aromatic heterocycles. The number of rotatable bonds is 31. The van der Waals surface area contributed by atoms with Gasteiger partial charge in [0.25, 0.3) is 0 Å². The normalized spacial score (nSPS) is 14.8. The van der Waals surface area contributed by atoms with Gasteiger partial charge in [0, 0.05) is 13.5 Å². The SMILES string of the molecule is CCCCCCCCCCCCCCCCC[C@H](COP(=O)(O)OC[C@H](C[C@@H](OC(C)(C)O)c1ccc2c(N)ncnn12)OC)OCc1cc(F)cc(C#N)c1. The van der Waals surface area contributed by atoms with Gasteiger partial charge >= 0.3 is 7.82 Å². The molecule has 0 bridgehead atoms. The Morgan fingerprint density at radius 3 is 2.09 bits per heavy atom. The van der Waals surface area contributed by atoms with E-state index in [1.807, 2.05) is 6.07 Å². The van der Waals surface area contributed by atoms with E-state index in [0.717, 1.165) is 31.7 Å². The largest absolute Gasteiger partial charge is 0.472 e. The van der Waals surface area contributed by atoms with Crippen LogP contribution in [0.4, 0.5) is 10.2 Å². The molecule has 0 saturated heterocycles. The minimum atomic E-state index is -4.59. The number of nitrogens with zero attached hydrogens (tertiary/aromatic N) is 4. The summed E-state index contributed by atoms with van der Waals surface area (Å²) in [5.74, 6) is -1.81. The molecule has 0 aliphatic rings. The number of aromatic nitrogens is 3. The first-order valence-corrected chi connectivity index (χ1v) is 21.8. The summed E-state index contributed by atoms with van der Waals surface area (Å²) in [5, 5.41) is 24.0. The molecule has 4 N–H and O–H groups in total. The van der Waals surface area contributed by atoms with E-state index in [2.05, 4.69) is 17.0 Å². The van der Waals surface area contributed by atoms with Gasteiger partial charge in [0.2, 0.25) is 0 Å². The molecule has 4 atom stereocenters. The van der Waals surface area contributed by atoms with Gasteiger partial charge in [0.1, 0.15) is 23.8 Å². The van der Waals surface area contributed by atoms with Crippen molar-refractivity contribution in [3.63, 3.8) is 0 Å². The second-order valence-electron chi connectivity index (χ2n) is 15.0. The van der Waals surface area contributed by atoms with Crippen LogP contribution < -0.4 is 5.73 Å². The Morgan fingerprint density at radius 2 is 1.52 bits per heavy atom. The summed E-state index contributed by atoms with van der Waals surface area (Å²) in [7, 11) is -3.16. The van der Waals surface area contributed by atoms with E-state index >= 15 is 0 Å². The Hall–Kier alpha value is -2.99. The second kappa shape index (κ2) is 25.4. The molecule has 3 aromatic rings. The number of fused-ring (bicyclic) bond motifs is 1. The van der Waals surface area contributed by atoms with Crippen LogP contribution in [0.1, 0.15) is 153 Å². The zero-order valence-corrected chi connectivity index (χ0v) is 34.8. The fourth-order valence-electron chi connectivity index (χ4n) is 6.63. The van der Waals surface area contributed by atoms with Crippen LogP contribution in [-0.2, 0) is 34.4 Å². The molecule has 1 unspecified atom stereocenters. The van der Waals surface area contributed by atoms with Crippen molar-refractivity contribution in [1.29, 1.82) is 5.26 Å². The lowest BCUT2D eigenvalue weighted by atomic mass is 10.0. The van der Waals surface area contributed by atoms with E-state index in [0.29, 0.717) is 23.2 Å². The zero-order chi connectivity index (χ0) is 40.8. The summed E-state index contributed by atoms with van der Waals surface area (Å²) < 4.78 is 57.1. The first-order chi connectivity index (χ1) is 26.8. The molecule has 0 fully saturated rings. The van der Waals surface area contributed by atoms with Crippen molar-refractivity contribution in [3.8, 4) is 6.07 Å². The van der Waals surface area contributed by atoms with Crippen molar-refractivity contribution >= 4 is 19.2 Å². The lowest BCUT2D eigenvalue weighted by molar-refractivity contribution is -0.215. The summed E-state index contributed by atoms with van der Waals surface area (Å²) in [6.07, 6.45) is 18.3. The Morgan fingerprint density at radius 1 is 0.929 bits per heavy atom. The maximum Gasteiger partial charge on any atom is 0.472 e. The van der Waals surface area contributed by atoms with Crippen molar-refractivity contribution in [2.24, 2.45) is 0 Å². The molecule has 0 spiro atoms. The fourth-order valence-corrected chi connectivity index (χ4v) is 7.41. The third kappa shape index (κ3) is 18.5. The van der Waals surface area contributed by atoms with Crippen molar-refractivity contribution < 1.29 is 42.2 Å². The van der Waals surface area contributed by atoms with Crippen molar-refractivity contribution in [2.45, 2.75) is 161 Å². The van der Waals surface area contributed by atoms with Gasteiger partial charge in [-0.15, -0.1) is 0 Å². The van der Waals surface area contributed by atoms with Crippen LogP contribution in [-0.4, -0.2) is 62.9 Å². The smallest absolute Gasteiger partial charge is 0.382 e. The van der Waals surface area contributed by atoms with Gasteiger partial charge in [0.05, 0.1) is 49.4 Å². The van der Waals surface area contributed by atoms with Gasteiger partial charge in [-0.2, -0.15) is 10.4 Å². The second-order valence-corrected chi connectivity index (χ2v) is 16.5. The number of aliphatic hydroxyl groups is 1. The van der Waals surface area contributed by atoms with Gasteiger partial charge in [-0.05, 0) is 56.2 Å². The van der Waals surface area contributed by atoms with Crippen LogP contribution >= 0.6 is 7.82 Å². The average molecular weight is 806 g/mol. The molecule has 0 amide bonds. The number of halogens is 1. The molecule has 3 rings (SSSR count). The first kappa shape index (κ1) is 47.4. The molecular weight excluding hydrogens is 740 g/mol. The maximum atomic E-state index is 14.1. The highest BCUT2D eigenvalue weighted by molar-refractivity contribution is 7.47. The number of unbranched alkanes of at least 4 members (excludes halogenated alkanes) is 14. The molecule has 13 nitrogen and oxygen atoms in total. The topological polar surface area (TPSA) is 184 Å². The lowest BCUT2D eigenvalue weighted by Gasteiger charge is -2.29. The molecule has 15 heteroatoms. The predicted molar refractivity (Wildman–Crippen MR) is 214 cm³/mol. The Bertz CT molecular complexity index is 1650. The molecule has 0 radical (unpaired) electrons. The molecule has 314 valence electrons. The van der Waals surface area contributed by atoms with Crippen LogP contribution in [0, 0.1) is 17.1 Å². The first-order valence-electron chi connectivity index (χ1n) is 20.3. The van der Waals surface area contributed by atoms with Crippen molar-refractivity contribution in [3.05, 3.63) is 59.3 Å². The van der Waals surface area contributed by atoms with E-state index in [1.165, 1.54) is 104 Å². The molecular formula is C41H65FN5O8P. The van der Waals surface area contributed by atoms with E-state index < -0.39 is 37.7 Å². The lowest BCUT2D eigenvalue weighted by Crippen LogP contribution is -2.30. The number of phosphoric acid groups is 1. The molecule has 0 aliphatic heterocycles. The highest BCUT2D eigenvalue weighted by Crippen LogP contribution is 2.44. The van der Waals surface area contributed by atoms with Gasteiger partial charge in [-0.1, -0.05) is 103 Å². The van der Waals surface area contributed by atoms with Crippen molar-refractivity contribution in [2.75, 3.05) is 26.1 Å². The molecule has 0 saturated carbocycles. The minimum Gasteiger partial charge on any atom is -0.382 e. The predicted octanol–water partition coefficient (Wildman–Crippen LogP) is 9.49. The number of phosphoric ester groups is 1. The Balaban J connectivity index is 1.50. The monoisotopic (exact) mass is 805 g/mol. The van der Waals surface area contributed by atoms with E-state index in [9.17, 15) is 24.2 Å². The molecule has 56 heavy (non-hydrogen) atoms. The number of methoxy groups -OCH3 is 1. The summed E-state index contributed by atoms with van der Waals surface area (Å²) in [4.78, 5) is 14.7. The average Bonchev–Trinajstić information content (AvgIpc) is 3.60. The molecule has 0 aliphatic carbocycles. The zero-order valence-electron chi connectivity index (χ0n) is 33.9. The maximum absolute atomic E-state index is 14.1. The van der Waals surface area contributed by atoms with Gasteiger partial charge in [-0.25, -0.2) is 18.5 Å². The molecule has 1 aromatic carbocycles. The standard InChI is InChI=1S/C41H65FN5O8P/c1-5-6-7-8-9-10-11-12-13-14-15-16-17-18-19-20-35(52-28-33-23-32(27-43)24-34(42)25-33)29-53-56(49,50)54-30-36(51-4)26-39(55-41(2,3)48)37-21-22-38-40(44)45-31-46-47(37)38/h21-25,31,35-36,39,48H,5-20,26,28-30H2,1-4H3,(H,49,50)(H2,44,45,46)/t35-,36+,39-/m1/s1. The van der Waals surface area contributed by atoms with Gasteiger partial charge in [0.15, 0.2) is 11.6 Å². The number of benzene rings is 1. The minimum absolute atomic E-state index is 0.00484. The van der Waals surface area contributed by atoms with Gasteiger partial charge in [-0.3, -0.25) is 9.05 Å². The van der Waals surface area contributed by atoms with E-state index in [4.69, 9.17) is 29.0 Å².